The molecular weight excluding hydrogens is 214 g/mol. The summed E-state index contributed by atoms with van der Waals surface area (Å²) >= 11 is 0. The Hall–Kier alpha value is -1.35. The average molecular weight is 233 g/mol. The Bertz CT molecular complexity index is 386. The summed E-state index contributed by atoms with van der Waals surface area (Å²) in [6.45, 7) is 1.99. The van der Waals surface area contributed by atoms with Crippen LogP contribution >= 0.6 is 0 Å². The molecule has 0 unspecified atom stereocenters. The molecule has 2 rings (SSSR count). The van der Waals surface area contributed by atoms with Crippen LogP contribution in [0.4, 0.5) is 0 Å². The van der Waals surface area contributed by atoms with Crippen molar-refractivity contribution in [3.8, 4) is 0 Å². The molecule has 1 amide bonds. The van der Waals surface area contributed by atoms with Crippen LogP contribution in [-0.2, 0) is 0 Å². The molecule has 2 atom stereocenters. The number of amides is 1. The van der Waals surface area contributed by atoms with Gasteiger partial charge in [0.15, 0.2) is 0 Å². The number of nitrogens with one attached hydrogen (secondary N) is 1. The van der Waals surface area contributed by atoms with Crippen molar-refractivity contribution in [3.05, 3.63) is 35.4 Å². The maximum Gasteiger partial charge on any atom is 0.251 e. The largest absolute Gasteiger partial charge is 0.391 e. The summed E-state index contributed by atoms with van der Waals surface area (Å²) in [4.78, 5) is 11.9. The van der Waals surface area contributed by atoms with E-state index < -0.39 is 6.10 Å². The van der Waals surface area contributed by atoms with E-state index in [-0.39, 0.29) is 11.9 Å². The third kappa shape index (κ3) is 3.07. The highest BCUT2D eigenvalue weighted by Crippen LogP contribution is 2.18. The van der Waals surface area contributed by atoms with E-state index in [9.17, 15) is 9.90 Å². The molecule has 3 nitrogen and oxygen atoms in total. The fourth-order valence-corrected chi connectivity index (χ4v) is 2.24. The Morgan fingerprint density at radius 3 is 2.53 bits per heavy atom. The highest BCUT2D eigenvalue weighted by molar-refractivity contribution is 5.94. The van der Waals surface area contributed by atoms with E-state index in [0.29, 0.717) is 5.56 Å². The van der Waals surface area contributed by atoms with E-state index in [2.05, 4.69) is 5.32 Å². The van der Waals surface area contributed by atoms with Crippen molar-refractivity contribution in [1.29, 1.82) is 0 Å². The second-order valence-electron chi connectivity index (χ2n) is 4.80. The number of aryl methyl sites for hydroxylation is 1. The van der Waals surface area contributed by atoms with Crippen LogP contribution in [0.25, 0.3) is 0 Å². The number of benzene rings is 1. The fourth-order valence-electron chi connectivity index (χ4n) is 2.24. The van der Waals surface area contributed by atoms with Crippen LogP contribution in [0, 0.1) is 6.92 Å². The van der Waals surface area contributed by atoms with Crippen molar-refractivity contribution in [2.75, 3.05) is 0 Å². The summed E-state index contributed by atoms with van der Waals surface area (Å²) in [7, 11) is 0. The molecule has 1 aromatic carbocycles. The molecule has 1 aromatic rings. The van der Waals surface area contributed by atoms with Crippen molar-refractivity contribution in [3.63, 3.8) is 0 Å². The topological polar surface area (TPSA) is 49.3 Å². The molecule has 1 aliphatic rings. The summed E-state index contributed by atoms with van der Waals surface area (Å²) in [5.41, 5.74) is 1.80. The van der Waals surface area contributed by atoms with Crippen molar-refractivity contribution in [2.45, 2.75) is 44.8 Å². The number of hydrogen-bond acceptors (Lipinski definition) is 2. The van der Waals surface area contributed by atoms with Gasteiger partial charge in [-0.2, -0.15) is 0 Å². The van der Waals surface area contributed by atoms with Gasteiger partial charge in [0.25, 0.3) is 5.91 Å². The molecule has 17 heavy (non-hydrogen) atoms. The van der Waals surface area contributed by atoms with E-state index >= 15 is 0 Å². The lowest BCUT2D eigenvalue weighted by atomic mass is 9.92. The van der Waals surface area contributed by atoms with Crippen LogP contribution in [0.5, 0.6) is 0 Å². The minimum absolute atomic E-state index is 0.0856. The predicted molar refractivity (Wildman–Crippen MR) is 66.9 cm³/mol. The van der Waals surface area contributed by atoms with Crippen LogP contribution in [-0.4, -0.2) is 23.2 Å². The van der Waals surface area contributed by atoms with E-state index in [1.807, 2.05) is 31.2 Å². The van der Waals surface area contributed by atoms with Crippen LogP contribution in [0.15, 0.2) is 24.3 Å². The Labute approximate surface area is 102 Å². The van der Waals surface area contributed by atoms with E-state index in [1.54, 1.807) is 0 Å². The predicted octanol–water partition coefficient (Wildman–Crippen LogP) is 2.03. The van der Waals surface area contributed by atoms with Gasteiger partial charge in [-0.05, 0) is 31.9 Å². The first kappa shape index (κ1) is 12.1. The van der Waals surface area contributed by atoms with Gasteiger partial charge in [0.1, 0.15) is 0 Å². The van der Waals surface area contributed by atoms with Crippen LogP contribution in [0.3, 0.4) is 0 Å². The summed E-state index contributed by atoms with van der Waals surface area (Å²) in [5.74, 6) is -0.0871. The zero-order chi connectivity index (χ0) is 12.3. The highest BCUT2D eigenvalue weighted by atomic mass is 16.3. The molecule has 1 saturated carbocycles. The summed E-state index contributed by atoms with van der Waals surface area (Å²) in [5, 5.41) is 12.7. The second kappa shape index (κ2) is 5.32. The maximum atomic E-state index is 11.9. The van der Waals surface area contributed by atoms with Gasteiger partial charge in [-0.25, -0.2) is 0 Å². The monoisotopic (exact) mass is 233 g/mol. The van der Waals surface area contributed by atoms with Crippen LogP contribution in [0.2, 0.25) is 0 Å². The van der Waals surface area contributed by atoms with Crippen LogP contribution in [0.1, 0.15) is 41.6 Å². The minimum Gasteiger partial charge on any atom is -0.391 e. The fraction of sp³-hybridized carbons (Fsp3) is 0.500. The summed E-state index contributed by atoms with van der Waals surface area (Å²) in [6.07, 6.45) is 3.41. The van der Waals surface area contributed by atoms with Gasteiger partial charge in [-0.3, -0.25) is 4.79 Å². The molecule has 0 saturated heterocycles. The first-order valence-electron chi connectivity index (χ1n) is 6.22. The van der Waals surface area contributed by atoms with Crippen molar-refractivity contribution >= 4 is 5.91 Å². The van der Waals surface area contributed by atoms with Crippen molar-refractivity contribution in [1.82, 2.24) is 5.32 Å². The minimum atomic E-state index is -0.391. The Morgan fingerprint density at radius 1 is 1.24 bits per heavy atom. The zero-order valence-electron chi connectivity index (χ0n) is 10.1. The zero-order valence-corrected chi connectivity index (χ0v) is 10.1. The van der Waals surface area contributed by atoms with Crippen molar-refractivity contribution in [2.24, 2.45) is 0 Å². The molecular formula is C14H19NO2. The quantitative estimate of drug-likeness (QED) is 0.821. The molecule has 2 N–H and O–H groups in total. The Morgan fingerprint density at radius 2 is 1.88 bits per heavy atom. The number of carbonyl (C=O) groups excluding carboxylic acids is 1. The number of hydrogen-bond donors (Lipinski definition) is 2. The molecule has 1 fully saturated rings. The van der Waals surface area contributed by atoms with Crippen molar-refractivity contribution < 1.29 is 9.90 Å². The first-order valence-corrected chi connectivity index (χ1v) is 6.22. The van der Waals surface area contributed by atoms with Gasteiger partial charge in [-0.15, -0.1) is 0 Å². The molecule has 0 spiro atoms. The Balaban J connectivity index is 1.98. The highest BCUT2D eigenvalue weighted by Gasteiger charge is 2.24. The molecule has 0 heterocycles. The number of aliphatic hydroxyl groups excluding tert-OH is 1. The summed E-state index contributed by atoms with van der Waals surface area (Å²) < 4.78 is 0. The summed E-state index contributed by atoms with van der Waals surface area (Å²) in [6, 6.07) is 7.40. The Kier molecular flexibility index (Phi) is 3.79. The number of carbonyl (C=O) groups is 1. The lowest BCUT2D eigenvalue weighted by Gasteiger charge is -2.28. The lowest BCUT2D eigenvalue weighted by Crippen LogP contribution is -2.45. The van der Waals surface area contributed by atoms with E-state index in [1.165, 1.54) is 0 Å². The molecule has 0 bridgehead atoms. The smallest absolute Gasteiger partial charge is 0.251 e. The normalized spacial score (nSPS) is 24.4. The van der Waals surface area contributed by atoms with Gasteiger partial charge in [0.2, 0.25) is 0 Å². The number of aliphatic hydroxyl groups is 1. The van der Waals surface area contributed by atoms with Gasteiger partial charge in [0, 0.05) is 5.56 Å². The standard InChI is InChI=1S/C14H19NO2/c1-10-6-8-11(9-7-10)14(17)15-12-4-2-3-5-13(12)16/h6-9,12-13,16H,2-5H2,1H3,(H,15,17)/t12-,13-/m1/s1. The molecule has 0 radical (unpaired) electrons. The van der Waals surface area contributed by atoms with E-state index in [0.717, 1.165) is 31.2 Å². The molecule has 0 aromatic heterocycles. The molecule has 0 aliphatic heterocycles. The number of rotatable bonds is 2. The lowest BCUT2D eigenvalue weighted by molar-refractivity contribution is 0.0717. The van der Waals surface area contributed by atoms with Gasteiger partial charge >= 0.3 is 0 Å². The van der Waals surface area contributed by atoms with Crippen LogP contribution < -0.4 is 5.32 Å². The SMILES string of the molecule is Cc1ccc(C(=O)N[C@@H]2CCCC[C@H]2O)cc1. The third-order valence-electron chi connectivity index (χ3n) is 3.36. The second-order valence-corrected chi connectivity index (χ2v) is 4.80. The molecule has 1 aliphatic carbocycles. The molecule has 3 heteroatoms. The molecule has 92 valence electrons. The van der Waals surface area contributed by atoms with Gasteiger partial charge in [0.05, 0.1) is 12.1 Å². The van der Waals surface area contributed by atoms with E-state index in [4.69, 9.17) is 0 Å². The van der Waals surface area contributed by atoms with Gasteiger partial charge < -0.3 is 10.4 Å². The van der Waals surface area contributed by atoms with Gasteiger partial charge in [-0.1, -0.05) is 30.5 Å². The average Bonchev–Trinajstić information content (AvgIpc) is 2.33. The maximum absolute atomic E-state index is 11.9. The third-order valence-corrected chi connectivity index (χ3v) is 3.36. The first-order chi connectivity index (χ1) is 8.16.